The van der Waals surface area contributed by atoms with E-state index in [0.717, 1.165) is 9.79 Å². The summed E-state index contributed by atoms with van der Waals surface area (Å²) < 4.78 is 13.3. The zero-order chi connectivity index (χ0) is 13.2. The third-order valence-corrected chi connectivity index (χ3v) is 3.81. The number of anilines is 1. The molecule has 1 nitrogen and oxygen atoms in total. The first-order valence-corrected chi connectivity index (χ1v) is 6.75. The summed E-state index contributed by atoms with van der Waals surface area (Å²) in [6.45, 7) is 0. The molecule has 2 N–H and O–H groups in total. The monoisotopic (exact) mass is 269 g/mol. The van der Waals surface area contributed by atoms with E-state index >= 15 is 0 Å². The summed E-state index contributed by atoms with van der Waals surface area (Å²) in [5.41, 5.74) is 6.10. The Morgan fingerprint density at radius 1 is 0.789 bits per heavy atom. The van der Waals surface area contributed by atoms with Gasteiger partial charge in [0.25, 0.3) is 0 Å². The number of nitrogen functional groups attached to an aromatic ring is 1. The molecule has 0 bridgehead atoms. The third-order valence-electron chi connectivity index (χ3n) is 2.85. The Kier molecular flexibility index (Phi) is 3.13. The van der Waals surface area contributed by atoms with Crippen molar-refractivity contribution in [3.05, 3.63) is 66.5 Å². The van der Waals surface area contributed by atoms with E-state index in [0.29, 0.717) is 5.69 Å². The van der Waals surface area contributed by atoms with Gasteiger partial charge in [0.15, 0.2) is 0 Å². The standard InChI is InChI=1S/C16H12FNS/c17-13-8-14(18)10-16(9-13)19-15-6-5-11-3-1-2-4-12(11)7-15/h1-10H,18H2. The Bertz CT molecular complexity index is 719. The van der Waals surface area contributed by atoms with Crippen LogP contribution in [0.3, 0.4) is 0 Å². The summed E-state index contributed by atoms with van der Waals surface area (Å²) in [5, 5.41) is 2.38. The Hall–Kier alpha value is -2.00. The molecule has 0 saturated heterocycles. The quantitative estimate of drug-likeness (QED) is 0.682. The molecule has 0 fully saturated rings. The van der Waals surface area contributed by atoms with Crippen LogP contribution in [0.25, 0.3) is 10.8 Å². The van der Waals surface area contributed by atoms with Gasteiger partial charge in [-0.15, -0.1) is 0 Å². The van der Waals surface area contributed by atoms with E-state index in [-0.39, 0.29) is 5.82 Å². The predicted octanol–water partition coefficient (Wildman–Crippen LogP) is 4.71. The van der Waals surface area contributed by atoms with Crippen LogP contribution in [0, 0.1) is 5.82 Å². The molecule has 0 unspecified atom stereocenters. The fourth-order valence-electron chi connectivity index (χ4n) is 2.01. The summed E-state index contributed by atoms with van der Waals surface area (Å²) in [6.07, 6.45) is 0. The van der Waals surface area contributed by atoms with Crippen LogP contribution in [0.4, 0.5) is 10.1 Å². The average molecular weight is 269 g/mol. The number of nitrogens with two attached hydrogens (primary N) is 1. The van der Waals surface area contributed by atoms with Crippen molar-refractivity contribution in [1.82, 2.24) is 0 Å². The van der Waals surface area contributed by atoms with Crippen molar-refractivity contribution in [2.45, 2.75) is 9.79 Å². The molecule has 0 saturated carbocycles. The van der Waals surface area contributed by atoms with Crippen LogP contribution in [0.15, 0.2) is 70.5 Å². The van der Waals surface area contributed by atoms with E-state index < -0.39 is 0 Å². The van der Waals surface area contributed by atoms with Gasteiger partial charge in [-0.05, 0) is 41.1 Å². The molecule has 0 aliphatic rings. The van der Waals surface area contributed by atoms with Crippen molar-refractivity contribution in [2.75, 3.05) is 5.73 Å². The highest BCUT2D eigenvalue weighted by molar-refractivity contribution is 7.99. The summed E-state index contributed by atoms with van der Waals surface area (Å²) in [6, 6.07) is 19.0. The van der Waals surface area contributed by atoms with Gasteiger partial charge in [0.05, 0.1) is 0 Å². The Morgan fingerprint density at radius 3 is 2.37 bits per heavy atom. The molecule has 19 heavy (non-hydrogen) atoms. The molecule has 3 aromatic rings. The highest BCUT2D eigenvalue weighted by Crippen LogP contribution is 2.31. The predicted molar refractivity (Wildman–Crippen MR) is 78.9 cm³/mol. The van der Waals surface area contributed by atoms with E-state index in [2.05, 4.69) is 24.3 Å². The number of benzene rings is 3. The number of rotatable bonds is 2. The topological polar surface area (TPSA) is 26.0 Å². The van der Waals surface area contributed by atoms with Crippen LogP contribution < -0.4 is 5.73 Å². The molecule has 0 atom stereocenters. The average Bonchev–Trinajstić information content (AvgIpc) is 2.37. The number of hydrogen-bond acceptors (Lipinski definition) is 2. The highest BCUT2D eigenvalue weighted by Gasteiger charge is 2.02. The zero-order valence-electron chi connectivity index (χ0n) is 10.1. The van der Waals surface area contributed by atoms with Gasteiger partial charge in [-0.1, -0.05) is 42.1 Å². The molecule has 0 amide bonds. The normalized spacial score (nSPS) is 10.8. The van der Waals surface area contributed by atoms with E-state index in [4.69, 9.17) is 5.73 Å². The van der Waals surface area contributed by atoms with E-state index in [1.54, 1.807) is 6.07 Å². The maximum atomic E-state index is 13.3. The smallest absolute Gasteiger partial charge is 0.126 e. The van der Waals surface area contributed by atoms with Crippen molar-refractivity contribution in [1.29, 1.82) is 0 Å². The van der Waals surface area contributed by atoms with E-state index in [1.165, 1.54) is 34.7 Å². The maximum absolute atomic E-state index is 13.3. The summed E-state index contributed by atoms with van der Waals surface area (Å²) in [4.78, 5) is 1.89. The molecule has 0 aliphatic carbocycles. The minimum Gasteiger partial charge on any atom is -0.399 e. The second kappa shape index (κ2) is 4.94. The molecule has 0 heterocycles. The Morgan fingerprint density at radius 2 is 1.58 bits per heavy atom. The number of hydrogen-bond donors (Lipinski definition) is 1. The molecule has 3 heteroatoms. The summed E-state index contributed by atoms with van der Waals surface area (Å²) >= 11 is 1.51. The van der Waals surface area contributed by atoms with Gasteiger partial charge in [-0.3, -0.25) is 0 Å². The van der Waals surface area contributed by atoms with Gasteiger partial charge >= 0.3 is 0 Å². The van der Waals surface area contributed by atoms with Crippen LogP contribution in [-0.2, 0) is 0 Å². The van der Waals surface area contributed by atoms with E-state index in [9.17, 15) is 4.39 Å². The lowest BCUT2D eigenvalue weighted by atomic mass is 10.1. The van der Waals surface area contributed by atoms with Crippen LogP contribution >= 0.6 is 11.8 Å². The van der Waals surface area contributed by atoms with Gasteiger partial charge in [0.1, 0.15) is 5.82 Å². The number of fused-ring (bicyclic) bond motifs is 1. The molecular formula is C16H12FNS. The first-order chi connectivity index (χ1) is 9.20. The van der Waals surface area contributed by atoms with Crippen LogP contribution in [-0.4, -0.2) is 0 Å². The molecule has 3 aromatic carbocycles. The van der Waals surface area contributed by atoms with Gasteiger partial charge in [0, 0.05) is 15.5 Å². The van der Waals surface area contributed by atoms with Crippen molar-refractivity contribution in [3.8, 4) is 0 Å². The molecule has 0 aliphatic heterocycles. The summed E-state index contributed by atoms with van der Waals surface area (Å²) in [7, 11) is 0. The summed E-state index contributed by atoms with van der Waals surface area (Å²) in [5.74, 6) is -0.303. The molecule has 0 radical (unpaired) electrons. The Labute approximate surface area is 115 Å². The lowest BCUT2D eigenvalue weighted by Crippen LogP contribution is -1.87. The van der Waals surface area contributed by atoms with Crippen molar-refractivity contribution < 1.29 is 4.39 Å². The fourth-order valence-corrected chi connectivity index (χ4v) is 2.97. The SMILES string of the molecule is Nc1cc(F)cc(Sc2ccc3ccccc3c2)c1. The van der Waals surface area contributed by atoms with Crippen molar-refractivity contribution in [3.63, 3.8) is 0 Å². The number of halogens is 1. The lowest BCUT2D eigenvalue weighted by molar-refractivity contribution is 0.625. The lowest BCUT2D eigenvalue weighted by Gasteiger charge is -2.05. The van der Waals surface area contributed by atoms with E-state index in [1.807, 2.05) is 18.2 Å². The van der Waals surface area contributed by atoms with Crippen LogP contribution in [0.5, 0.6) is 0 Å². The minimum absolute atomic E-state index is 0.303. The molecule has 94 valence electrons. The zero-order valence-corrected chi connectivity index (χ0v) is 11.0. The highest BCUT2D eigenvalue weighted by atomic mass is 32.2. The molecular weight excluding hydrogens is 257 g/mol. The van der Waals surface area contributed by atoms with Crippen LogP contribution in [0.1, 0.15) is 0 Å². The van der Waals surface area contributed by atoms with Crippen molar-refractivity contribution in [2.24, 2.45) is 0 Å². The second-order valence-corrected chi connectivity index (χ2v) is 5.48. The van der Waals surface area contributed by atoms with Gasteiger partial charge in [-0.2, -0.15) is 0 Å². The second-order valence-electron chi connectivity index (χ2n) is 4.33. The first kappa shape index (κ1) is 12.1. The largest absolute Gasteiger partial charge is 0.399 e. The molecule has 3 rings (SSSR count). The molecule has 0 spiro atoms. The van der Waals surface area contributed by atoms with Gasteiger partial charge in [-0.25, -0.2) is 4.39 Å². The molecule has 0 aromatic heterocycles. The maximum Gasteiger partial charge on any atom is 0.126 e. The van der Waals surface area contributed by atoms with Gasteiger partial charge in [0.2, 0.25) is 0 Å². The van der Waals surface area contributed by atoms with Crippen molar-refractivity contribution >= 4 is 28.2 Å². The first-order valence-electron chi connectivity index (χ1n) is 5.93. The minimum atomic E-state index is -0.303. The Balaban J connectivity index is 1.96. The van der Waals surface area contributed by atoms with Gasteiger partial charge < -0.3 is 5.73 Å². The van der Waals surface area contributed by atoms with Crippen LogP contribution in [0.2, 0.25) is 0 Å². The third kappa shape index (κ3) is 2.71. The fraction of sp³-hybridized carbons (Fsp3) is 0.